The van der Waals surface area contributed by atoms with Crippen molar-refractivity contribution < 1.29 is 13.6 Å². The van der Waals surface area contributed by atoms with Crippen molar-refractivity contribution in [3.8, 4) is 0 Å². The zero-order valence-electron chi connectivity index (χ0n) is 11.7. The van der Waals surface area contributed by atoms with Crippen LogP contribution in [0.3, 0.4) is 0 Å². The number of halogens is 4. The van der Waals surface area contributed by atoms with Crippen LogP contribution in [0.15, 0.2) is 36.4 Å². The van der Waals surface area contributed by atoms with E-state index in [2.05, 4.69) is 0 Å². The maximum absolute atomic E-state index is 14.0. The molecule has 7 heteroatoms. The standard InChI is InChI=1S/C16H11Cl2F2NOS/c17-9-1-3-11(13(18)7-9)15(22)21-5-6-23-16(21)12-4-2-10(19)8-14(12)20/h1-4,7-8,16H,5-6H2/t16-/m0/s1. The summed E-state index contributed by atoms with van der Waals surface area (Å²) in [5.74, 6) is -0.944. The molecule has 2 aromatic rings. The van der Waals surface area contributed by atoms with Crippen molar-refractivity contribution in [2.45, 2.75) is 5.37 Å². The van der Waals surface area contributed by atoms with Gasteiger partial charge in [-0.1, -0.05) is 29.3 Å². The molecule has 0 aromatic heterocycles. The topological polar surface area (TPSA) is 20.3 Å². The van der Waals surface area contributed by atoms with Crippen molar-refractivity contribution in [2.75, 3.05) is 12.3 Å². The number of carbonyl (C=O) groups excluding carboxylic acids is 1. The van der Waals surface area contributed by atoms with E-state index >= 15 is 0 Å². The van der Waals surface area contributed by atoms with Crippen LogP contribution in [0, 0.1) is 11.6 Å². The predicted molar refractivity (Wildman–Crippen MR) is 89.1 cm³/mol. The second-order valence-corrected chi connectivity index (χ2v) is 7.04. The Morgan fingerprint density at radius 3 is 2.65 bits per heavy atom. The lowest BCUT2D eigenvalue weighted by molar-refractivity contribution is 0.0759. The lowest BCUT2D eigenvalue weighted by atomic mass is 10.1. The summed E-state index contributed by atoms with van der Waals surface area (Å²) in [6.45, 7) is 0.462. The lowest BCUT2D eigenvalue weighted by Gasteiger charge is -2.25. The van der Waals surface area contributed by atoms with E-state index in [1.54, 1.807) is 12.1 Å². The quantitative estimate of drug-likeness (QED) is 0.724. The fourth-order valence-electron chi connectivity index (χ4n) is 2.46. The van der Waals surface area contributed by atoms with Crippen LogP contribution >= 0.6 is 35.0 Å². The van der Waals surface area contributed by atoms with Gasteiger partial charge in [-0.05, 0) is 24.3 Å². The van der Waals surface area contributed by atoms with Gasteiger partial charge in [0.2, 0.25) is 0 Å². The maximum Gasteiger partial charge on any atom is 0.256 e. The van der Waals surface area contributed by atoms with Crippen molar-refractivity contribution in [2.24, 2.45) is 0 Å². The van der Waals surface area contributed by atoms with E-state index in [0.717, 1.165) is 6.07 Å². The van der Waals surface area contributed by atoms with Crippen molar-refractivity contribution in [1.29, 1.82) is 0 Å². The first-order chi connectivity index (χ1) is 11.0. The normalized spacial score (nSPS) is 17.6. The number of amides is 1. The third-order valence-corrected chi connectivity index (χ3v) is 5.33. The Labute approximate surface area is 146 Å². The molecular weight excluding hydrogens is 363 g/mol. The molecule has 0 saturated carbocycles. The van der Waals surface area contributed by atoms with Crippen molar-refractivity contribution in [3.63, 3.8) is 0 Å². The van der Waals surface area contributed by atoms with Crippen LogP contribution in [0.1, 0.15) is 21.3 Å². The van der Waals surface area contributed by atoms with Crippen LogP contribution < -0.4 is 0 Å². The number of benzene rings is 2. The summed E-state index contributed by atoms with van der Waals surface area (Å²) in [6, 6.07) is 8.01. The van der Waals surface area contributed by atoms with Crippen molar-refractivity contribution in [1.82, 2.24) is 4.90 Å². The molecule has 1 atom stereocenters. The minimum atomic E-state index is -0.663. The number of carbonyl (C=O) groups is 1. The SMILES string of the molecule is O=C(c1ccc(Cl)cc1Cl)N1CCS[C@H]1c1ccc(F)cc1F. The molecule has 2 nitrogen and oxygen atoms in total. The van der Waals surface area contributed by atoms with Crippen LogP contribution in [0.25, 0.3) is 0 Å². The molecule has 3 rings (SSSR count). The molecule has 0 unspecified atom stereocenters. The summed E-state index contributed by atoms with van der Waals surface area (Å²) < 4.78 is 27.1. The first kappa shape index (κ1) is 16.6. The Balaban J connectivity index is 1.93. The van der Waals surface area contributed by atoms with E-state index in [0.29, 0.717) is 22.9 Å². The van der Waals surface area contributed by atoms with Gasteiger partial charge in [-0.15, -0.1) is 11.8 Å². The van der Waals surface area contributed by atoms with E-state index in [9.17, 15) is 13.6 Å². The van der Waals surface area contributed by atoms with Gasteiger partial charge >= 0.3 is 0 Å². The molecule has 1 aliphatic heterocycles. The van der Waals surface area contributed by atoms with Crippen LogP contribution in [0.4, 0.5) is 8.78 Å². The van der Waals surface area contributed by atoms with Gasteiger partial charge < -0.3 is 4.90 Å². The van der Waals surface area contributed by atoms with Crippen LogP contribution in [0.2, 0.25) is 10.0 Å². The molecule has 0 bridgehead atoms. The third kappa shape index (κ3) is 3.32. The van der Waals surface area contributed by atoms with Gasteiger partial charge in [0.25, 0.3) is 5.91 Å². The van der Waals surface area contributed by atoms with Crippen molar-refractivity contribution >= 4 is 40.9 Å². The lowest BCUT2D eigenvalue weighted by Crippen LogP contribution is -2.31. The smallest absolute Gasteiger partial charge is 0.256 e. The fourth-order valence-corrected chi connectivity index (χ4v) is 4.22. The summed E-state index contributed by atoms with van der Waals surface area (Å²) >= 11 is 13.4. The second-order valence-electron chi connectivity index (χ2n) is 5.01. The molecule has 1 amide bonds. The molecule has 0 aliphatic carbocycles. The van der Waals surface area contributed by atoms with Gasteiger partial charge in [0, 0.05) is 29.0 Å². The van der Waals surface area contributed by atoms with E-state index < -0.39 is 17.0 Å². The molecule has 0 spiro atoms. The molecule has 1 heterocycles. The number of hydrogen-bond donors (Lipinski definition) is 0. The molecule has 1 aliphatic rings. The van der Waals surface area contributed by atoms with Crippen LogP contribution in [-0.2, 0) is 0 Å². The Morgan fingerprint density at radius 2 is 1.96 bits per heavy atom. The zero-order valence-corrected chi connectivity index (χ0v) is 14.1. The largest absolute Gasteiger partial charge is 0.322 e. The first-order valence-corrected chi connectivity index (χ1v) is 8.60. The molecule has 1 fully saturated rings. The third-order valence-electron chi connectivity index (χ3n) is 3.54. The summed E-state index contributed by atoms with van der Waals surface area (Å²) in [5, 5.41) is 0.177. The van der Waals surface area contributed by atoms with Crippen LogP contribution in [0.5, 0.6) is 0 Å². The monoisotopic (exact) mass is 373 g/mol. The predicted octanol–water partition coefficient (Wildman–Crippen LogP) is 5.16. The average Bonchev–Trinajstić information content (AvgIpc) is 2.95. The van der Waals surface area contributed by atoms with Gasteiger partial charge in [-0.2, -0.15) is 0 Å². The molecule has 0 N–H and O–H groups in total. The molecule has 2 aromatic carbocycles. The molecule has 23 heavy (non-hydrogen) atoms. The van der Waals surface area contributed by atoms with Gasteiger partial charge in [0.1, 0.15) is 17.0 Å². The second kappa shape index (κ2) is 6.67. The number of nitrogens with zero attached hydrogens (tertiary/aromatic N) is 1. The van der Waals surface area contributed by atoms with Crippen molar-refractivity contribution in [3.05, 3.63) is 69.2 Å². The molecule has 1 saturated heterocycles. The van der Waals surface area contributed by atoms with E-state index in [4.69, 9.17) is 23.2 Å². The minimum absolute atomic E-state index is 0.248. The summed E-state index contributed by atoms with van der Waals surface area (Å²) in [7, 11) is 0. The summed E-state index contributed by atoms with van der Waals surface area (Å²) in [4.78, 5) is 14.3. The Kier molecular flexibility index (Phi) is 4.80. The van der Waals surface area contributed by atoms with Gasteiger partial charge in [-0.3, -0.25) is 4.79 Å². The number of thioether (sulfide) groups is 1. The highest BCUT2D eigenvalue weighted by molar-refractivity contribution is 7.99. The Bertz CT molecular complexity index is 772. The van der Waals surface area contributed by atoms with E-state index in [-0.39, 0.29) is 16.5 Å². The zero-order chi connectivity index (χ0) is 16.6. The highest BCUT2D eigenvalue weighted by Gasteiger charge is 2.33. The van der Waals surface area contributed by atoms with Gasteiger partial charge in [0.05, 0.1) is 10.6 Å². The molecular formula is C16H11Cl2F2NOS. The van der Waals surface area contributed by atoms with Gasteiger partial charge in [-0.25, -0.2) is 8.78 Å². The fraction of sp³-hybridized carbons (Fsp3) is 0.188. The molecule has 120 valence electrons. The van der Waals surface area contributed by atoms with Gasteiger partial charge in [0.15, 0.2) is 0 Å². The Hall–Kier alpha value is -1.30. The molecule has 0 radical (unpaired) electrons. The highest BCUT2D eigenvalue weighted by Crippen LogP contribution is 2.40. The Morgan fingerprint density at radius 1 is 1.17 bits per heavy atom. The first-order valence-electron chi connectivity index (χ1n) is 6.80. The maximum atomic E-state index is 14.0. The van der Waals surface area contributed by atoms with Crippen LogP contribution in [-0.4, -0.2) is 23.1 Å². The summed E-state index contributed by atoms with van der Waals surface area (Å²) in [6.07, 6.45) is 0. The number of hydrogen-bond acceptors (Lipinski definition) is 2. The highest BCUT2D eigenvalue weighted by atomic mass is 35.5. The summed E-state index contributed by atoms with van der Waals surface area (Å²) in [5.41, 5.74) is 0.596. The number of rotatable bonds is 2. The van der Waals surface area contributed by atoms with E-state index in [1.165, 1.54) is 34.9 Å². The minimum Gasteiger partial charge on any atom is -0.322 e. The average molecular weight is 374 g/mol. The van der Waals surface area contributed by atoms with E-state index in [1.807, 2.05) is 0 Å².